The summed E-state index contributed by atoms with van der Waals surface area (Å²) in [7, 11) is 0. The van der Waals surface area contributed by atoms with Crippen LogP contribution in [0, 0.1) is 0 Å². The second-order valence-corrected chi connectivity index (χ2v) is 4.50. The molecule has 10 heavy (non-hydrogen) atoms. The van der Waals surface area contributed by atoms with Crippen LogP contribution in [-0.2, 0) is 0 Å². The summed E-state index contributed by atoms with van der Waals surface area (Å²) < 4.78 is 43.5. The Balaban J connectivity index is 2.78. The van der Waals surface area contributed by atoms with E-state index in [9.17, 15) is 17.6 Å². The van der Waals surface area contributed by atoms with Crippen molar-refractivity contribution in [1.29, 1.82) is 0 Å². The van der Waals surface area contributed by atoms with Gasteiger partial charge in [-0.15, -0.1) is 0 Å². The fourth-order valence-corrected chi connectivity index (χ4v) is 2.62. The van der Waals surface area contributed by atoms with Gasteiger partial charge >= 0.3 is 0 Å². The first kappa shape index (κ1) is 8.77. The van der Waals surface area contributed by atoms with Crippen molar-refractivity contribution in [2.24, 2.45) is 0 Å². The van der Waals surface area contributed by atoms with E-state index < -0.39 is 21.5 Å². The molecule has 1 aliphatic rings. The van der Waals surface area contributed by atoms with Gasteiger partial charge in [0.1, 0.15) is 0 Å². The molecule has 60 valence electrons. The van der Waals surface area contributed by atoms with Gasteiger partial charge < -0.3 is 0 Å². The van der Waals surface area contributed by atoms with Crippen molar-refractivity contribution in [3.63, 3.8) is 0 Å². The Morgan fingerprint density at radius 2 is 1.10 bits per heavy atom. The second kappa shape index (κ2) is 2.09. The van der Waals surface area contributed by atoms with Gasteiger partial charge in [-0.1, -0.05) is 0 Å². The normalized spacial score (nSPS) is 61.8. The van der Waals surface area contributed by atoms with E-state index in [1.807, 2.05) is 0 Å². The van der Waals surface area contributed by atoms with Gasteiger partial charge in [-0.05, 0) is 31.9 Å². The van der Waals surface area contributed by atoms with Crippen LogP contribution in [0.4, 0.5) is 17.6 Å². The molecule has 0 unspecified atom stereocenters. The Labute approximate surface area is 71.2 Å². The predicted octanol–water partition coefficient (Wildman–Crippen LogP) is 2.80. The van der Waals surface area contributed by atoms with E-state index in [2.05, 4.69) is 31.9 Å². The van der Waals surface area contributed by atoms with Gasteiger partial charge in [-0.25, -0.2) is 17.6 Å². The Kier molecular flexibility index (Phi) is 1.83. The van der Waals surface area contributed by atoms with Crippen LogP contribution in [-0.4, -0.2) is 21.5 Å². The molecule has 0 aromatic carbocycles. The molecule has 1 rings (SSSR count). The van der Waals surface area contributed by atoms with Crippen molar-refractivity contribution in [3.05, 3.63) is 0 Å². The van der Waals surface area contributed by atoms with Crippen molar-refractivity contribution >= 4 is 31.9 Å². The summed E-state index contributed by atoms with van der Waals surface area (Å²) in [6.07, 6.45) is -5.01. The Bertz CT molecular complexity index is 127. The van der Waals surface area contributed by atoms with Crippen LogP contribution in [0.2, 0.25) is 0 Å². The maximum atomic E-state index is 12.4. The lowest BCUT2D eigenvalue weighted by molar-refractivity contribution is -0.130. The molecule has 0 N–H and O–H groups in total. The number of rotatable bonds is 0. The second-order valence-electron chi connectivity index (χ2n) is 2.07. The smallest absolute Gasteiger partial charge is 0.235 e. The first-order valence-electron chi connectivity index (χ1n) is 2.35. The van der Waals surface area contributed by atoms with Crippen LogP contribution in [0.3, 0.4) is 0 Å². The zero-order valence-electron chi connectivity index (χ0n) is 4.42. The molecule has 0 aromatic heterocycles. The molecule has 0 amide bonds. The van der Waals surface area contributed by atoms with E-state index in [1.54, 1.807) is 0 Å². The molecule has 0 radical (unpaired) electrons. The third kappa shape index (κ3) is 0.841. The average molecular weight is 286 g/mol. The Morgan fingerprint density at radius 1 is 0.900 bits per heavy atom. The van der Waals surface area contributed by atoms with E-state index in [-0.39, 0.29) is 0 Å². The standard InChI is InChI=1S/C4H2Br2F4/c5-3(9)1(7)4(6,10)2(3)8/h1-2H. The molecular weight excluding hydrogens is 284 g/mol. The molecule has 0 atom stereocenters. The number of alkyl halides is 6. The van der Waals surface area contributed by atoms with Crippen molar-refractivity contribution < 1.29 is 17.6 Å². The summed E-state index contributed by atoms with van der Waals surface area (Å²) in [6, 6.07) is 0. The summed E-state index contributed by atoms with van der Waals surface area (Å²) in [6.45, 7) is 0. The Hall–Kier alpha value is 0.680. The summed E-state index contributed by atoms with van der Waals surface area (Å²) in [5, 5.41) is 0. The van der Waals surface area contributed by atoms with Crippen LogP contribution in [0.1, 0.15) is 0 Å². The van der Waals surface area contributed by atoms with E-state index >= 15 is 0 Å². The summed E-state index contributed by atoms with van der Waals surface area (Å²) in [5.74, 6) is 0. The average Bonchev–Trinajstić information content (AvgIpc) is 1.84. The zero-order chi connectivity index (χ0) is 8.15. The number of hydrogen-bond acceptors (Lipinski definition) is 0. The number of halogens is 6. The molecule has 0 aliphatic heterocycles. The van der Waals surface area contributed by atoms with Gasteiger partial charge in [0.2, 0.25) is 9.16 Å². The van der Waals surface area contributed by atoms with Crippen molar-refractivity contribution in [2.45, 2.75) is 21.5 Å². The van der Waals surface area contributed by atoms with E-state index in [1.165, 1.54) is 0 Å². The molecule has 0 bridgehead atoms. The summed E-state index contributed by atoms with van der Waals surface area (Å²) in [4.78, 5) is 0. The third-order valence-corrected chi connectivity index (χ3v) is 2.96. The molecule has 0 saturated heterocycles. The lowest BCUT2D eigenvalue weighted by atomic mass is 9.90. The summed E-state index contributed by atoms with van der Waals surface area (Å²) >= 11 is 4.17. The Morgan fingerprint density at radius 3 is 1.20 bits per heavy atom. The van der Waals surface area contributed by atoms with E-state index in [4.69, 9.17) is 0 Å². The third-order valence-electron chi connectivity index (χ3n) is 1.35. The SMILES string of the molecule is FC1C(F)(Br)C(F)C1(F)Br. The first-order valence-corrected chi connectivity index (χ1v) is 3.93. The van der Waals surface area contributed by atoms with Gasteiger partial charge in [0.05, 0.1) is 0 Å². The highest BCUT2D eigenvalue weighted by atomic mass is 79.9. The lowest BCUT2D eigenvalue weighted by Gasteiger charge is -2.45. The lowest BCUT2D eigenvalue weighted by Crippen LogP contribution is -2.67. The fourth-order valence-electron chi connectivity index (χ4n) is 0.674. The van der Waals surface area contributed by atoms with Crippen molar-refractivity contribution in [1.82, 2.24) is 0 Å². The molecular formula is C4H2Br2F4. The molecule has 0 nitrogen and oxygen atoms in total. The highest BCUT2D eigenvalue weighted by Crippen LogP contribution is 2.58. The fraction of sp³-hybridized carbons (Fsp3) is 1.00. The van der Waals surface area contributed by atoms with Gasteiger partial charge in [0.25, 0.3) is 0 Å². The van der Waals surface area contributed by atoms with Gasteiger partial charge in [0, 0.05) is 0 Å². The van der Waals surface area contributed by atoms with Crippen LogP contribution >= 0.6 is 31.9 Å². The molecule has 6 heteroatoms. The predicted molar refractivity (Wildman–Crippen MR) is 35.3 cm³/mol. The van der Waals surface area contributed by atoms with Gasteiger partial charge in [0.15, 0.2) is 12.3 Å². The molecule has 1 saturated carbocycles. The van der Waals surface area contributed by atoms with E-state index in [0.29, 0.717) is 0 Å². The highest BCUT2D eigenvalue weighted by Gasteiger charge is 2.74. The summed E-state index contributed by atoms with van der Waals surface area (Å²) in [5.41, 5.74) is 0. The van der Waals surface area contributed by atoms with Crippen LogP contribution in [0.15, 0.2) is 0 Å². The molecule has 1 aliphatic carbocycles. The molecule has 0 spiro atoms. The maximum absolute atomic E-state index is 12.4. The van der Waals surface area contributed by atoms with E-state index in [0.717, 1.165) is 0 Å². The number of hydrogen-bond donors (Lipinski definition) is 0. The molecule has 0 heterocycles. The van der Waals surface area contributed by atoms with Crippen molar-refractivity contribution in [2.75, 3.05) is 0 Å². The largest absolute Gasteiger partial charge is 0.238 e. The first-order chi connectivity index (χ1) is 4.31. The minimum atomic E-state index is -2.87. The topological polar surface area (TPSA) is 0 Å². The van der Waals surface area contributed by atoms with Gasteiger partial charge in [-0.2, -0.15) is 0 Å². The zero-order valence-corrected chi connectivity index (χ0v) is 7.59. The maximum Gasteiger partial charge on any atom is 0.235 e. The monoisotopic (exact) mass is 284 g/mol. The minimum absolute atomic E-state index is 2.08. The quantitative estimate of drug-likeness (QED) is 0.474. The van der Waals surface area contributed by atoms with Crippen molar-refractivity contribution in [3.8, 4) is 0 Å². The molecule has 0 aromatic rings. The molecule has 1 fully saturated rings. The highest BCUT2D eigenvalue weighted by molar-refractivity contribution is 9.11. The minimum Gasteiger partial charge on any atom is -0.238 e. The van der Waals surface area contributed by atoms with Crippen LogP contribution in [0.25, 0.3) is 0 Å². The van der Waals surface area contributed by atoms with Crippen LogP contribution < -0.4 is 0 Å². The van der Waals surface area contributed by atoms with Crippen LogP contribution in [0.5, 0.6) is 0 Å². The van der Waals surface area contributed by atoms with Gasteiger partial charge in [-0.3, -0.25) is 0 Å².